The third kappa shape index (κ3) is 4.94. The van der Waals surface area contributed by atoms with Gasteiger partial charge in [-0.05, 0) is 51.7 Å². The second kappa shape index (κ2) is 9.30. The minimum atomic E-state index is -1.13. The first kappa shape index (κ1) is 23.7. The third-order valence-corrected chi connectivity index (χ3v) is 7.21. The van der Waals surface area contributed by atoms with E-state index in [1.807, 2.05) is 51.1 Å². The Morgan fingerprint density at radius 1 is 1.16 bits per heavy atom. The molecule has 1 unspecified atom stereocenters. The zero-order chi connectivity index (χ0) is 23.5. The molecule has 4 amide bonds. The van der Waals surface area contributed by atoms with Crippen LogP contribution in [0.5, 0.6) is 0 Å². The predicted octanol–water partition coefficient (Wildman–Crippen LogP) is 3.15. The molecule has 1 aliphatic rings. The summed E-state index contributed by atoms with van der Waals surface area (Å²) in [4.78, 5) is 37.8. The number of carboxylic acid groups (broad SMARTS) is 1. The summed E-state index contributed by atoms with van der Waals surface area (Å²) in [6, 6.07) is 10.2. The van der Waals surface area contributed by atoms with Gasteiger partial charge in [0.1, 0.15) is 11.5 Å². The number of hydrogen-bond acceptors (Lipinski definition) is 5. The number of nitrogens with zero attached hydrogens (tertiary/aromatic N) is 1. The van der Waals surface area contributed by atoms with Gasteiger partial charge in [-0.2, -0.15) is 0 Å². The van der Waals surface area contributed by atoms with E-state index in [9.17, 15) is 19.5 Å². The summed E-state index contributed by atoms with van der Waals surface area (Å²) >= 11 is 1.26. The molecule has 0 aliphatic carbocycles. The van der Waals surface area contributed by atoms with Crippen LogP contribution in [0, 0.1) is 0 Å². The van der Waals surface area contributed by atoms with Crippen LogP contribution < -0.4 is 21.5 Å². The number of nitrogens with one attached hydrogen (secondary N) is 2. The third-order valence-electron chi connectivity index (χ3n) is 6.12. The molecule has 1 aliphatic heterocycles. The number of carbonyl (C=O) groups is 3. The summed E-state index contributed by atoms with van der Waals surface area (Å²) in [5.74, 6) is -0.371. The van der Waals surface area contributed by atoms with Crippen LogP contribution in [0.3, 0.4) is 0 Å². The number of rotatable bonds is 4. The Morgan fingerprint density at radius 3 is 2.44 bits per heavy atom. The van der Waals surface area contributed by atoms with E-state index in [0.29, 0.717) is 23.5 Å². The Labute approximate surface area is 192 Å². The van der Waals surface area contributed by atoms with Crippen LogP contribution in [-0.4, -0.2) is 47.2 Å². The van der Waals surface area contributed by atoms with Gasteiger partial charge in [-0.15, -0.1) is 11.3 Å². The summed E-state index contributed by atoms with van der Waals surface area (Å²) < 4.78 is -0.219. The van der Waals surface area contributed by atoms with Crippen molar-refractivity contribution in [2.24, 2.45) is 5.73 Å². The lowest BCUT2D eigenvalue weighted by Gasteiger charge is -2.48. The molecule has 0 bridgehead atoms. The number of primary amides is 1. The van der Waals surface area contributed by atoms with E-state index in [0.717, 1.165) is 23.3 Å². The van der Waals surface area contributed by atoms with Crippen molar-refractivity contribution in [3.63, 3.8) is 0 Å². The van der Waals surface area contributed by atoms with Crippen molar-refractivity contribution >= 4 is 34.4 Å². The molecular formula is C23H30N4O4S. The largest absolute Gasteiger partial charge is 0.498 e. The second-order valence-electron chi connectivity index (χ2n) is 9.19. The van der Waals surface area contributed by atoms with Crippen molar-refractivity contribution in [2.75, 3.05) is 18.4 Å². The Hall–Kier alpha value is -2.91. The lowest BCUT2D eigenvalue weighted by molar-refractivity contribution is -0.919. The first-order valence-corrected chi connectivity index (χ1v) is 11.5. The topological polar surface area (TPSA) is 124 Å². The molecule has 2 aromatic rings. The molecule has 9 heteroatoms. The van der Waals surface area contributed by atoms with E-state index in [1.54, 1.807) is 6.07 Å². The highest BCUT2D eigenvalue weighted by Crippen LogP contribution is 2.36. The molecule has 0 saturated carbocycles. The number of likely N-dealkylation sites (tertiary alicyclic amines) is 1. The number of carbonyl (C=O) groups excluding carboxylic acids is 3. The number of benzene rings is 1. The molecule has 1 fully saturated rings. The smallest absolute Gasteiger partial charge is 0.317 e. The van der Waals surface area contributed by atoms with Gasteiger partial charge >= 0.3 is 6.03 Å². The van der Waals surface area contributed by atoms with Crippen molar-refractivity contribution in [1.29, 1.82) is 0 Å². The van der Waals surface area contributed by atoms with Crippen molar-refractivity contribution in [3.8, 4) is 10.4 Å². The van der Waals surface area contributed by atoms with Crippen molar-refractivity contribution in [1.82, 2.24) is 5.32 Å². The van der Waals surface area contributed by atoms with Crippen LogP contribution in [0.15, 0.2) is 36.4 Å². The number of amides is 4. The highest BCUT2D eigenvalue weighted by Gasteiger charge is 2.45. The van der Waals surface area contributed by atoms with Crippen LogP contribution in [0.2, 0.25) is 0 Å². The lowest BCUT2D eigenvalue weighted by Crippen LogP contribution is -2.70. The Balaban J connectivity index is 1.89. The molecule has 8 nitrogen and oxygen atoms in total. The number of urea groups is 1. The van der Waals surface area contributed by atoms with Crippen LogP contribution >= 0.6 is 11.3 Å². The molecular weight excluding hydrogens is 428 g/mol. The van der Waals surface area contributed by atoms with Gasteiger partial charge in [0, 0.05) is 4.88 Å². The number of thiophene rings is 1. The SMILES string of the molecule is CC(C)(C)[N+]1(C(=O)[O-])CCCC[C@H](NC(=O)c2cc(-c3ccccc3)sc2NC(N)=O)C1. The van der Waals surface area contributed by atoms with Gasteiger partial charge < -0.3 is 21.0 Å². The Bertz CT molecular complexity index is 999. The quantitative estimate of drug-likeness (QED) is 0.609. The maximum atomic E-state index is 13.2. The molecule has 4 N–H and O–H groups in total. The van der Waals surface area contributed by atoms with E-state index in [4.69, 9.17) is 5.73 Å². The number of nitrogens with two attached hydrogens (primary N) is 1. The fraction of sp³-hybridized carbons (Fsp3) is 0.435. The van der Waals surface area contributed by atoms with Crippen molar-refractivity contribution < 1.29 is 24.0 Å². The number of quaternary nitrogens is 1. The summed E-state index contributed by atoms with van der Waals surface area (Å²) in [6.45, 7) is 6.35. The van der Waals surface area contributed by atoms with Crippen molar-refractivity contribution in [2.45, 2.75) is 51.6 Å². The molecule has 1 aromatic heterocycles. The summed E-state index contributed by atoms with van der Waals surface area (Å²) in [5, 5.41) is 18.1. The summed E-state index contributed by atoms with van der Waals surface area (Å²) in [7, 11) is 0. The van der Waals surface area contributed by atoms with Gasteiger partial charge in [-0.1, -0.05) is 30.3 Å². The average molecular weight is 459 g/mol. The van der Waals surface area contributed by atoms with Gasteiger partial charge in [0.25, 0.3) is 12.0 Å². The van der Waals surface area contributed by atoms with E-state index < -0.39 is 17.7 Å². The maximum absolute atomic E-state index is 13.2. The highest BCUT2D eigenvalue weighted by atomic mass is 32.1. The molecule has 2 atom stereocenters. The maximum Gasteiger partial charge on any atom is 0.317 e. The van der Waals surface area contributed by atoms with Gasteiger partial charge in [0.15, 0.2) is 0 Å². The summed E-state index contributed by atoms with van der Waals surface area (Å²) in [5.41, 5.74) is 5.96. The molecule has 32 heavy (non-hydrogen) atoms. The van der Waals surface area contributed by atoms with E-state index in [1.165, 1.54) is 11.3 Å². The van der Waals surface area contributed by atoms with Gasteiger partial charge in [-0.3, -0.25) is 14.6 Å². The van der Waals surface area contributed by atoms with Gasteiger partial charge in [0.05, 0.1) is 23.7 Å². The van der Waals surface area contributed by atoms with Crippen molar-refractivity contribution in [3.05, 3.63) is 42.0 Å². The van der Waals surface area contributed by atoms with E-state index >= 15 is 0 Å². The molecule has 2 heterocycles. The molecule has 0 radical (unpaired) electrons. The minimum Gasteiger partial charge on any atom is -0.498 e. The molecule has 1 saturated heterocycles. The minimum absolute atomic E-state index is 0.219. The first-order chi connectivity index (χ1) is 15.0. The highest BCUT2D eigenvalue weighted by molar-refractivity contribution is 7.20. The van der Waals surface area contributed by atoms with Crippen LogP contribution in [0.1, 0.15) is 50.4 Å². The van der Waals surface area contributed by atoms with Gasteiger partial charge in [-0.25, -0.2) is 4.79 Å². The number of anilines is 1. The average Bonchev–Trinajstić information content (AvgIpc) is 2.99. The molecule has 172 valence electrons. The number of hydrogen-bond donors (Lipinski definition) is 3. The second-order valence-corrected chi connectivity index (χ2v) is 10.2. The standard InChI is InChI=1S/C23H30N4O4S/c1-23(2,3)27(22(30)31)12-8-7-11-16(14-27)25-19(28)17-13-18(15-9-5-4-6-10-15)32-20(17)26-21(24)29/h4-6,9-10,13,16H,7-8,11-12,14H2,1-3H3,(H4-,24,25,26,28,29,30,31)/t16-,27?/m0/s1. The Morgan fingerprint density at radius 2 is 1.84 bits per heavy atom. The zero-order valence-corrected chi connectivity index (χ0v) is 19.5. The van der Waals surface area contributed by atoms with E-state index in [2.05, 4.69) is 10.6 Å². The van der Waals surface area contributed by atoms with E-state index in [-0.39, 0.29) is 23.0 Å². The monoisotopic (exact) mass is 458 g/mol. The zero-order valence-electron chi connectivity index (χ0n) is 18.6. The normalized spacial score (nSPS) is 21.4. The molecule has 1 aromatic carbocycles. The van der Waals surface area contributed by atoms with Crippen LogP contribution in [0.25, 0.3) is 10.4 Å². The molecule has 0 spiro atoms. The summed E-state index contributed by atoms with van der Waals surface area (Å²) in [6.07, 6.45) is 1.09. The Kier molecular flexibility index (Phi) is 6.90. The first-order valence-electron chi connectivity index (χ1n) is 10.7. The van der Waals surface area contributed by atoms with Gasteiger partial charge in [0.2, 0.25) is 0 Å². The fourth-order valence-corrected chi connectivity index (χ4v) is 5.33. The predicted molar refractivity (Wildman–Crippen MR) is 123 cm³/mol. The fourth-order valence-electron chi connectivity index (χ4n) is 4.27. The van der Waals surface area contributed by atoms with Crippen LogP contribution in [0.4, 0.5) is 14.6 Å². The lowest BCUT2D eigenvalue weighted by atomic mass is 10.0. The van der Waals surface area contributed by atoms with Crippen LogP contribution in [-0.2, 0) is 0 Å². The molecule has 3 rings (SSSR count).